The van der Waals surface area contributed by atoms with Crippen LogP contribution in [0.2, 0.25) is 0 Å². The Morgan fingerprint density at radius 2 is 1.04 bits per heavy atom. The van der Waals surface area contributed by atoms with Crippen LogP contribution in [0.1, 0.15) is 25.0 Å². The minimum atomic E-state index is -0.179. The van der Waals surface area contributed by atoms with Crippen molar-refractivity contribution in [3.8, 4) is 27.9 Å². The molecule has 1 aliphatic carbocycles. The van der Waals surface area contributed by atoms with Gasteiger partial charge in [-0.25, -0.2) is 0 Å². The third kappa shape index (κ3) is 4.33. The average molecular weight is 603 g/mol. The zero-order valence-corrected chi connectivity index (χ0v) is 26.6. The number of nitrogens with zero attached hydrogens (tertiary/aromatic N) is 2. The summed E-state index contributed by atoms with van der Waals surface area (Å²) in [4.78, 5) is 2.36. The van der Waals surface area contributed by atoms with E-state index in [1.165, 1.54) is 66.6 Å². The van der Waals surface area contributed by atoms with Crippen LogP contribution >= 0.6 is 0 Å². The Hall–Kier alpha value is -5.86. The van der Waals surface area contributed by atoms with Gasteiger partial charge < -0.3 is 9.47 Å². The molecule has 224 valence electrons. The van der Waals surface area contributed by atoms with Gasteiger partial charge in [-0.2, -0.15) is 0 Å². The van der Waals surface area contributed by atoms with Gasteiger partial charge in [0.25, 0.3) is 0 Å². The van der Waals surface area contributed by atoms with Crippen molar-refractivity contribution in [2.75, 3.05) is 4.90 Å². The SMILES string of the molecule is CC1(C)c2cc(N(c3ccccc3)c3ccccc3)ccc2-c2cc3c4ccccc4n(-c4cccc(-c5ccccc5)c4)c3cc21. The maximum atomic E-state index is 2.46. The second kappa shape index (κ2) is 10.6. The molecule has 9 rings (SSSR count). The van der Waals surface area contributed by atoms with Crippen LogP contribution in [0, 0.1) is 0 Å². The number of benzene rings is 7. The van der Waals surface area contributed by atoms with Crippen molar-refractivity contribution in [1.29, 1.82) is 0 Å². The van der Waals surface area contributed by atoms with Crippen LogP contribution in [0.15, 0.2) is 170 Å². The summed E-state index contributed by atoms with van der Waals surface area (Å²) in [6.07, 6.45) is 0. The van der Waals surface area contributed by atoms with Crippen LogP contribution in [-0.4, -0.2) is 4.57 Å². The summed E-state index contributed by atoms with van der Waals surface area (Å²) in [7, 11) is 0. The molecule has 0 radical (unpaired) electrons. The lowest BCUT2D eigenvalue weighted by Gasteiger charge is -2.28. The van der Waals surface area contributed by atoms with Gasteiger partial charge in [-0.1, -0.05) is 117 Å². The van der Waals surface area contributed by atoms with Crippen LogP contribution in [0.3, 0.4) is 0 Å². The average Bonchev–Trinajstić information content (AvgIpc) is 3.57. The molecule has 0 amide bonds. The second-order valence-corrected chi connectivity index (χ2v) is 13.0. The maximum absolute atomic E-state index is 2.46. The number of hydrogen-bond donors (Lipinski definition) is 0. The molecule has 2 nitrogen and oxygen atoms in total. The Morgan fingerprint density at radius 1 is 0.426 bits per heavy atom. The van der Waals surface area contributed by atoms with E-state index in [1.807, 2.05) is 0 Å². The van der Waals surface area contributed by atoms with Crippen LogP contribution in [0.4, 0.5) is 17.1 Å². The summed E-state index contributed by atoms with van der Waals surface area (Å²) in [6.45, 7) is 4.76. The predicted octanol–water partition coefficient (Wildman–Crippen LogP) is 12.2. The minimum Gasteiger partial charge on any atom is -0.310 e. The van der Waals surface area contributed by atoms with Crippen LogP contribution < -0.4 is 4.90 Å². The molecule has 2 heteroatoms. The van der Waals surface area contributed by atoms with Gasteiger partial charge in [-0.3, -0.25) is 0 Å². The van der Waals surface area contributed by atoms with E-state index < -0.39 is 0 Å². The lowest BCUT2D eigenvalue weighted by molar-refractivity contribution is 0.661. The highest BCUT2D eigenvalue weighted by Crippen LogP contribution is 2.52. The molecule has 0 N–H and O–H groups in total. The molecule has 0 fully saturated rings. The van der Waals surface area contributed by atoms with Crippen LogP contribution in [0.25, 0.3) is 49.7 Å². The molecule has 0 spiro atoms. The Balaban J connectivity index is 1.23. The first kappa shape index (κ1) is 27.5. The second-order valence-electron chi connectivity index (χ2n) is 13.0. The summed E-state index contributed by atoms with van der Waals surface area (Å²) >= 11 is 0. The van der Waals surface area contributed by atoms with E-state index >= 15 is 0 Å². The standard InChI is InChI=1S/C45H34N2/c1-45(2)41-28-36(46(33-18-8-4-9-19-33)34-20-10-5-11-21-34)25-26-37(41)39-29-40-38-23-12-13-24-43(38)47(44(40)30-42(39)45)35-22-14-17-32(27-35)31-15-6-3-7-16-31/h3-30H,1-2H3. The predicted molar refractivity (Wildman–Crippen MR) is 198 cm³/mol. The fraction of sp³-hybridized carbons (Fsp3) is 0.0667. The number of anilines is 3. The van der Waals surface area contributed by atoms with E-state index in [2.05, 4.69) is 193 Å². The van der Waals surface area contributed by atoms with E-state index in [4.69, 9.17) is 0 Å². The summed E-state index contributed by atoms with van der Waals surface area (Å²) in [5.41, 5.74) is 14.7. The molecular formula is C45H34N2. The molecule has 0 bridgehead atoms. The van der Waals surface area contributed by atoms with Crippen molar-refractivity contribution < 1.29 is 0 Å². The first-order valence-electron chi connectivity index (χ1n) is 16.4. The first-order valence-corrected chi connectivity index (χ1v) is 16.4. The lowest BCUT2D eigenvalue weighted by atomic mass is 9.82. The largest absolute Gasteiger partial charge is 0.310 e. The first-order chi connectivity index (χ1) is 23.1. The molecule has 0 aliphatic heterocycles. The van der Waals surface area contributed by atoms with E-state index in [0.29, 0.717) is 0 Å². The molecule has 0 atom stereocenters. The van der Waals surface area contributed by atoms with Gasteiger partial charge in [0.1, 0.15) is 0 Å². The fourth-order valence-corrected chi connectivity index (χ4v) is 7.66. The highest BCUT2D eigenvalue weighted by atomic mass is 15.1. The van der Waals surface area contributed by atoms with Gasteiger partial charge in [0, 0.05) is 38.9 Å². The van der Waals surface area contributed by atoms with E-state index in [9.17, 15) is 0 Å². The molecule has 1 aliphatic rings. The van der Waals surface area contributed by atoms with Crippen molar-refractivity contribution >= 4 is 38.9 Å². The highest BCUT2D eigenvalue weighted by Gasteiger charge is 2.37. The zero-order valence-electron chi connectivity index (χ0n) is 26.6. The summed E-state index contributed by atoms with van der Waals surface area (Å²) in [5, 5.41) is 2.56. The molecule has 0 saturated carbocycles. The van der Waals surface area contributed by atoms with Crippen LogP contribution in [0.5, 0.6) is 0 Å². The van der Waals surface area contributed by atoms with Crippen molar-refractivity contribution in [3.63, 3.8) is 0 Å². The molecule has 7 aromatic carbocycles. The molecule has 1 aromatic heterocycles. The van der Waals surface area contributed by atoms with Crippen LogP contribution in [-0.2, 0) is 5.41 Å². The van der Waals surface area contributed by atoms with Crippen molar-refractivity contribution in [2.24, 2.45) is 0 Å². The summed E-state index contributed by atoms with van der Waals surface area (Å²) < 4.78 is 2.45. The van der Waals surface area contributed by atoms with Gasteiger partial charge in [-0.05, 0) is 100 Å². The molecule has 1 heterocycles. The molecule has 0 unspecified atom stereocenters. The highest BCUT2D eigenvalue weighted by molar-refractivity contribution is 6.11. The Bertz CT molecular complexity index is 2380. The quantitative estimate of drug-likeness (QED) is 0.190. The monoisotopic (exact) mass is 602 g/mol. The number of aromatic nitrogens is 1. The Labute approximate surface area is 275 Å². The van der Waals surface area contributed by atoms with E-state index in [1.54, 1.807) is 0 Å². The third-order valence-corrected chi connectivity index (χ3v) is 9.95. The minimum absolute atomic E-state index is 0.179. The van der Waals surface area contributed by atoms with Gasteiger partial charge in [0.15, 0.2) is 0 Å². The summed E-state index contributed by atoms with van der Waals surface area (Å²) in [5.74, 6) is 0. The van der Waals surface area contributed by atoms with E-state index in [-0.39, 0.29) is 5.41 Å². The number of hydrogen-bond acceptors (Lipinski definition) is 1. The molecule has 8 aromatic rings. The van der Waals surface area contributed by atoms with Crippen molar-refractivity contribution in [2.45, 2.75) is 19.3 Å². The number of rotatable bonds is 5. The summed E-state index contributed by atoms with van der Waals surface area (Å²) in [6, 6.07) is 61.7. The molecular weight excluding hydrogens is 569 g/mol. The van der Waals surface area contributed by atoms with Crippen molar-refractivity contribution in [1.82, 2.24) is 4.57 Å². The normalized spacial score (nSPS) is 13.1. The van der Waals surface area contributed by atoms with Gasteiger partial charge in [0.05, 0.1) is 11.0 Å². The van der Waals surface area contributed by atoms with Gasteiger partial charge >= 0.3 is 0 Å². The van der Waals surface area contributed by atoms with E-state index in [0.717, 1.165) is 11.4 Å². The molecule has 47 heavy (non-hydrogen) atoms. The topological polar surface area (TPSA) is 8.17 Å². The van der Waals surface area contributed by atoms with Crippen molar-refractivity contribution in [3.05, 3.63) is 181 Å². The fourth-order valence-electron chi connectivity index (χ4n) is 7.66. The Kier molecular flexibility index (Phi) is 6.20. The lowest BCUT2D eigenvalue weighted by Crippen LogP contribution is -2.16. The Morgan fingerprint density at radius 3 is 1.77 bits per heavy atom. The zero-order chi connectivity index (χ0) is 31.5. The van der Waals surface area contributed by atoms with Gasteiger partial charge in [-0.15, -0.1) is 0 Å². The molecule has 0 saturated heterocycles. The maximum Gasteiger partial charge on any atom is 0.0544 e. The van der Waals surface area contributed by atoms with Gasteiger partial charge in [0.2, 0.25) is 0 Å². The smallest absolute Gasteiger partial charge is 0.0544 e. The number of fused-ring (bicyclic) bond motifs is 6. The number of para-hydroxylation sites is 3. The third-order valence-electron chi connectivity index (χ3n) is 9.95.